The molecular formula is C11H13F2NO4S. The van der Waals surface area contributed by atoms with Crippen molar-refractivity contribution in [3.8, 4) is 0 Å². The molecule has 0 saturated carbocycles. The Morgan fingerprint density at radius 3 is 2.26 bits per heavy atom. The van der Waals surface area contributed by atoms with E-state index in [1.54, 1.807) is 6.92 Å². The Hall–Kier alpha value is -1.54. The normalized spacial score (nSPS) is 13.3. The lowest BCUT2D eigenvalue weighted by Crippen LogP contribution is -2.34. The number of alkyl halides is 2. The second kappa shape index (κ2) is 6.07. The fourth-order valence-corrected chi connectivity index (χ4v) is 1.97. The predicted octanol–water partition coefficient (Wildman–Crippen LogP) is 0.794. The maximum Gasteiger partial charge on any atom is 0.341 e. The van der Waals surface area contributed by atoms with E-state index in [2.05, 4.69) is 5.32 Å². The van der Waals surface area contributed by atoms with E-state index in [-0.39, 0.29) is 12.2 Å². The summed E-state index contributed by atoms with van der Waals surface area (Å²) in [6, 6.07) is 3.70. The Bertz CT molecular complexity index is 542. The highest BCUT2D eigenvalue weighted by atomic mass is 32.2. The molecule has 0 aliphatic rings. The number of amides is 1. The van der Waals surface area contributed by atoms with E-state index in [1.165, 1.54) is 0 Å². The van der Waals surface area contributed by atoms with Crippen LogP contribution in [-0.2, 0) is 9.84 Å². The van der Waals surface area contributed by atoms with E-state index in [9.17, 15) is 22.0 Å². The molecule has 106 valence electrons. The molecule has 0 aliphatic heterocycles. The van der Waals surface area contributed by atoms with Gasteiger partial charge in [0, 0.05) is 11.6 Å². The molecule has 2 N–H and O–H groups in total. The van der Waals surface area contributed by atoms with Gasteiger partial charge >= 0.3 is 5.76 Å². The van der Waals surface area contributed by atoms with Crippen LogP contribution in [0.25, 0.3) is 0 Å². The number of carbonyl (C=O) groups excluding carboxylic acids is 1. The molecule has 0 radical (unpaired) electrons. The first-order valence-electron chi connectivity index (χ1n) is 5.33. The first-order chi connectivity index (χ1) is 8.78. The van der Waals surface area contributed by atoms with Gasteiger partial charge in [0.05, 0.1) is 11.5 Å². The Kier molecular flexibility index (Phi) is 4.96. The maximum absolute atomic E-state index is 12.3. The number of aliphatic hydroxyl groups excluding tert-OH is 1. The molecule has 1 unspecified atom stereocenters. The van der Waals surface area contributed by atoms with Crippen LogP contribution >= 0.6 is 0 Å². The van der Waals surface area contributed by atoms with Crippen LogP contribution in [0.3, 0.4) is 0 Å². The molecule has 1 rings (SSSR count). The van der Waals surface area contributed by atoms with Crippen molar-refractivity contribution in [2.24, 2.45) is 0 Å². The summed E-state index contributed by atoms with van der Waals surface area (Å²) < 4.78 is 46.9. The highest BCUT2D eigenvalue weighted by molar-refractivity contribution is 7.91. The zero-order chi connectivity index (χ0) is 14.6. The number of benzene rings is 1. The average Bonchev–Trinajstić information content (AvgIpc) is 2.38. The average molecular weight is 293 g/mol. The van der Waals surface area contributed by atoms with E-state index >= 15 is 0 Å². The van der Waals surface area contributed by atoms with Crippen LogP contribution in [0.15, 0.2) is 29.2 Å². The molecule has 8 heteroatoms. The topological polar surface area (TPSA) is 83.5 Å². The lowest BCUT2D eigenvalue weighted by atomic mass is 10.2. The van der Waals surface area contributed by atoms with Crippen molar-refractivity contribution < 1.29 is 27.1 Å². The molecule has 1 aromatic carbocycles. The molecule has 0 heterocycles. The Morgan fingerprint density at radius 2 is 1.84 bits per heavy atom. The molecule has 0 spiro atoms. The number of aliphatic hydroxyl groups is 1. The number of halogens is 2. The Labute approximate surface area is 109 Å². The van der Waals surface area contributed by atoms with Crippen molar-refractivity contribution in [2.75, 3.05) is 6.61 Å². The summed E-state index contributed by atoms with van der Waals surface area (Å²) in [6.45, 7) is 1.33. The molecule has 1 amide bonds. The van der Waals surface area contributed by atoms with Crippen LogP contribution in [0, 0.1) is 0 Å². The molecule has 19 heavy (non-hydrogen) atoms. The summed E-state index contributed by atoms with van der Waals surface area (Å²) in [7, 11) is -4.65. The highest BCUT2D eigenvalue weighted by Crippen LogP contribution is 2.18. The predicted molar refractivity (Wildman–Crippen MR) is 63.6 cm³/mol. The van der Waals surface area contributed by atoms with Gasteiger partial charge in [-0.2, -0.15) is 8.78 Å². The molecule has 1 atom stereocenters. The van der Waals surface area contributed by atoms with Crippen LogP contribution in [0.2, 0.25) is 0 Å². The third kappa shape index (κ3) is 3.71. The smallest absolute Gasteiger partial charge is 0.341 e. The molecule has 5 nitrogen and oxygen atoms in total. The fraction of sp³-hybridized carbons (Fsp3) is 0.364. The maximum atomic E-state index is 12.3. The number of hydrogen-bond donors (Lipinski definition) is 2. The van der Waals surface area contributed by atoms with Crippen molar-refractivity contribution in [3.05, 3.63) is 29.8 Å². The number of rotatable bonds is 5. The minimum absolute atomic E-state index is 0.119. The quantitative estimate of drug-likeness (QED) is 0.841. The highest BCUT2D eigenvalue weighted by Gasteiger charge is 2.26. The lowest BCUT2D eigenvalue weighted by Gasteiger charge is -2.11. The number of carbonyl (C=O) groups is 1. The molecule has 0 bridgehead atoms. The molecule has 1 aromatic rings. The minimum Gasteiger partial charge on any atom is -0.394 e. The standard InChI is InChI=1S/C11H13F2NO4S/c1-7(6-15)14-10(16)8-2-4-9(5-3-8)19(17,18)11(12)13/h2-5,7,11,15H,6H2,1H3,(H,14,16). The van der Waals surface area contributed by atoms with E-state index < -0.39 is 32.4 Å². The van der Waals surface area contributed by atoms with Gasteiger partial charge in [-0.15, -0.1) is 0 Å². The van der Waals surface area contributed by atoms with Crippen molar-refractivity contribution >= 4 is 15.7 Å². The van der Waals surface area contributed by atoms with Crippen molar-refractivity contribution in [1.29, 1.82) is 0 Å². The zero-order valence-corrected chi connectivity index (χ0v) is 10.8. The number of sulfone groups is 1. The second-order valence-electron chi connectivity index (χ2n) is 3.89. The summed E-state index contributed by atoms with van der Waals surface area (Å²) in [5.74, 6) is -4.02. The zero-order valence-electron chi connectivity index (χ0n) is 10.0. The van der Waals surface area contributed by atoms with Gasteiger partial charge in [-0.25, -0.2) is 8.42 Å². The largest absolute Gasteiger partial charge is 0.394 e. The van der Waals surface area contributed by atoms with Crippen molar-refractivity contribution in [1.82, 2.24) is 5.32 Å². The molecule has 0 aromatic heterocycles. The Balaban J connectivity index is 2.91. The van der Waals surface area contributed by atoms with Gasteiger partial charge in [0.1, 0.15) is 0 Å². The summed E-state index contributed by atoms with van der Waals surface area (Å²) in [6.07, 6.45) is 0. The van der Waals surface area contributed by atoms with E-state index in [4.69, 9.17) is 5.11 Å². The van der Waals surface area contributed by atoms with Crippen LogP contribution < -0.4 is 5.32 Å². The van der Waals surface area contributed by atoms with Crippen molar-refractivity contribution in [3.63, 3.8) is 0 Å². The van der Waals surface area contributed by atoms with Crippen LogP contribution in [0.1, 0.15) is 17.3 Å². The summed E-state index contributed by atoms with van der Waals surface area (Å²) >= 11 is 0. The summed E-state index contributed by atoms with van der Waals surface area (Å²) in [5.41, 5.74) is 0.119. The van der Waals surface area contributed by atoms with Crippen LogP contribution in [0.5, 0.6) is 0 Å². The van der Waals surface area contributed by atoms with E-state index in [0.717, 1.165) is 24.3 Å². The van der Waals surface area contributed by atoms with E-state index in [0.29, 0.717) is 0 Å². The van der Waals surface area contributed by atoms with Crippen LogP contribution in [-0.4, -0.2) is 37.8 Å². The molecule has 0 aliphatic carbocycles. The van der Waals surface area contributed by atoms with Gasteiger partial charge in [-0.3, -0.25) is 4.79 Å². The lowest BCUT2D eigenvalue weighted by molar-refractivity contribution is 0.0922. The van der Waals surface area contributed by atoms with Gasteiger partial charge in [0.2, 0.25) is 9.84 Å². The van der Waals surface area contributed by atoms with Crippen LogP contribution in [0.4, 0.5) is 8.78 Å². The van der Waals surface area contributed by atoms with Gasteiger partial charge < -0.3 is 10.4 Å². The third-order valence-corrected chi connectivity index (χ3v) is 3.73. The van der Waals surface area contributed by atoms with Crippen molar-refractivity contribution in [2.45, 2.75) is 23.6 Å². The summed E-state index contributed by atoms with van der Waals surface area (Å²) in [5, 5.41) is 11.2. The van der Waals surface area contributed by atoms with Gasteiger partial charge in [-0.1, -0.05) is 0 Å². The monoisotopic (exact) mass is 293 g/mol. The third-order valence-electron chi connectivity index (χ3n) is 2.33. The Morgan fingerprint density at radius 1 is 1.32 bits per heavy atom. The first-order valence-corrected chi connectivity index (χ1v) is 6.87. The SMILES string of the molecule is CC(CO)NC(=O)c1ccc(S(=O)(=O)C(F)F)cc1. The van der Waals surface area contributed by atoms with Gasteiger partial charge in [0.25, 0.3) is 5.91 Å². The molecule has 0 fully saturated rings. The van der Waals surface area contributed by atoms with E-state index in [1.807, 2.05) is 0 Å². The number of hydrogen-bond acceptors (Lipinski definition) is 4. The molecular weight excluding hydrogens is 280 g/mol. The summed E-state index contributed by atoms with van der Waals surface area (Å²) in [4.78, 5) is 11.0. The van der Waals surface area contributed by atoms with Gasteiger partial charge in [0.15, 0.2) is 0 Å². The van der Waals surface area contributed by atoms with Gasteiger partial charge in [-0.05, 0) is 31.2 Å². The minimum atomic E-state index is -4.65. The first kappa shape index (κ1) is 15.5. The molecule has 0 saturated heterocycles. The number of nitrogens with one attached hydrogen (secondary N) is 1. The fourth-order valence-electron chi connectivity index (χ4n) is 1.25. The second-order valence-corrected chi connectivity index (χ2v) is 5.80.